The van der Waals surface area contributed by atoms with Gasteiger partial charge in [0, 0.05) is 17.3 Å². The molecule has 29 heavy (non-hydrogen) atoms. The fourth-order valence-corrected chi connectivity index (χ4v) is 3.65. The Balaban J connectivity index is 1.91. The molecule has 3 aromatic rings. The van der Waals surface area contributed by atoms with Crippen molar-refractivity contribution in [1.82, 2.24) is 15.1 Å². The number of methoxy groups -OCH3 is 2. The van der Waals surface area contributed by atoms with Gasteiger partial charge in [-0.3, -0.25) is 14.9 Å². The molecule has 2 aromatic carbocycles. The Morgan fingerprint density at radius 1 is 1.07 bits per heavy atom. The summed E-state index contributed by atoms with van der Waals surface area (Å²) in [4.78, 5) is 23.9. The lowest BCUT2D eigenvalue weighted by atomic mass is 10.1. The Morgan fingerprint density at radius 2 is 1.86 bits per heavy atom. The molecular formula is C21H17N3O4S. The molecule has 1 fully saturated rings. The van der Waals surface area contributed by atoms with Crippen LogP contribution in [0.5, 0.6) is 11.5 Å². The summed E-state index contributed by atoms with van der Waals surface area (Å²) in [7, 11) is 3.17. The van der Waals surface area contributed by atoms with Crippen molar-refractivity contribution in [2.75, 3.05) is 14.2 Å². The number of carbonyl (C=O) groups excluding carboxylic acids is 2. The molecule has 1 saturated heterocycles. The highest BCUT2D eigenvalue weighted by Crippen LogP contribution is 2.37. The van der Waals surface area contributed by atoms with Crippen molar-refractivity contribution < 1.29 is 19.1 Å². The summed E-state index contributed by atoms with van der Waals surface area (Å²) < 4.78 is 12.6. The van der Waals surface area contributed by atoms with Crippen LogP contribution in [0.25, 0.3) is 23.0 Å². The third-order valence-electron chi connectivity index (χ3n) is 4.35. The number of aromatic nitrogens is 2. The molecule has 1 aliphatic heterocycles. The van der Waals surface area contributed by atoms with E-state index >= 15 is 0 Å². The second kappa shape index (κ2) is 7.84. The van der Waals surface area contributed by atoms with Crippen molar-refractivity contribution in [3.05, 3.63) is 65.2 Å². The molecular weight excluding hydrogens is 390 g/mol. The maximum atomic E-state index is 12.0. The molecule has 0 bridgehead atoms. The number of benzene rings is 2. The van der Waals surface area contributed by atoms with Crippen LogP contribution in [0.4, 0.5) is 4.79 Å². The van der Waals surface area contributed by atoms with Crippen LogP contribution >= 0.6 is 11.8 Å². The Bertz CT molecular complexity index is 1120. The number of ether oxygens (including phenoxy) is 2. The van der Waals surface area contributed by atoms with Gasteiger partial charge in [-0.15, -0.1) is 0 Å². The van der Waals surface area contributed by atoms with Crippen molar-refractivity contribution in [2.24, 2.45) is 0 Å². The van der Waals surface area contributed by atoms with Crippen molar-refractivity contribution >= 4 is 29.0 Å². The molecule has 1 aromatic heterocycles. The average Bonchev–Trinajstić information content (AvgIpc) is 3.30. The van der Waals surface area contributed by atoms with E-state index in [2.05, 4.69) is 5.32 Å². The normalized spacial score (nSPS) is 14.9. The van der Waals surface area contributed by atoms with E-state index in [1.807, 2.05) is 42.6 Å². The van der Waals surface area contributed by atoms with E-state index in [9.17, 15) is 9.59 Å². The number of rotatable bonds is 5. The predicted octanol–water partition coefficient (Wildman–Crippen LogP) is 3.88. The number of imide groups is 1. The maximum absolute atomic E-state index is 12.0. The van der Waals surface area contributed by atoms with Crippen LogP contribution in [0.2, 0.25) is 0 Å². The summed E-state index contributed by atoms with van der Waals surface area (Å²) in [6.07, 6.45) is 3.47. The molecule has 1 aliphatic rings. The Kier molecular flexibility index (Phi) is 5.09. The standard InChI is InChI=1S/C21H17N3O4S/c1-27-15-8-9-17(28-2)16(11-15)19-13(10-18-20(25)22-21(26)29-18)12-24(23-19)14-6-4-3-5-7-14/h3-12H,1-2H3,(H,22,25,26)/b18-10-. The van der Waals surface area contributed by atoms with Gasteiger partial charge in [0.25, 0.3) is 11.1 Å². The summed E-state index contributed by atoms with van der Waals surface area (Å²) >= 11 is 0.864. The van der Waals surface area contributed by atoms with Gasteiger partial charge in [0.1, 0.15) is 17.2 Å². The third kappa shape index (κ3) is 3.74. The molecule has 1 N–H and O–H groups in total. The number of nitrogens with one attached hydrogen (secondary N) is 1. The lowest BCUT2D eigenvalue weighted by Gasteiger charge is -2.09. The minimum atomic E-state index is -0.420. The Labute approximate surface area is 171 Å². The minimum absolute atomic E-state index is 0.311. The molecule has 0 radical (unpaired) electrons. The summed E-state index contributed by atoms with van der Waals surface area (Å²) in [5.41, 5.74) is 2.85. The molecule has 0 atom stereocenters. The van der Waals surface area contributed by atoms with E-state index in [0.29, 0.717) is 33.2 Å². The molecule has 2 heterocycles. The van der Waals surface area contributed by atoms with Crippen LogP contribution in [-0.4, -0.2) is 35.1 Å². The first-order valence-corrected chi connectivity index (χ1v) is 9.53. The smallest absolute Gasteiger partial charge is 0.290 e. The number of nitrogens with zero attached hydrogens (tertiary/aromatic N) is 2. The summed E-state index contributed by atoms with van der Waals surface area (Å²) in [6, 6.07) is 15.0. The minimum Gasteiger partial charge on any atom is -0.497 e. The van der Waals surface area contributed by atoms with Crippen LogP contribution in [-0.2, 0) is 4.79 Å². The topological polar surface area (TPSA) is 82.4 Å². The zero-order valence-corrected chi connectivity index (χ0v) is 16.5. The Morgan fingerprint density at radius 3 is 2.52 bits per heavy atom. The van der Waals surface area contributed by atoms with Crippen molar-refractivity contribution in [2.45, 2.75) is 0 Å². The predicted molar refractivity (Wildman–Crippen MR) is 111 cm³/mol. The van der Waals surface area contributed by atoms with Gasteiger partial charge in [-0.2, -0.15) is 5.10 Å². The van der Waals surface area contributed by atoms with E-state index in [0.717, 1.165) is 17.4 Å². The van der Waals surface area contributed by atoms with E-state index in [1.54, 1.807) is 37.1 Å². The first-order valence-electron chi connectivity index (χ1n) is 8.71. The summed E-state index contributed by atoms with van der Waals surface area (Å²) in [6.45, 7) is 0. The maximum Gasteiger partial charge on any atom is 0.290 e. The number of carbonyl (C=O) groups is 2. The molecule has 7 nitrogen and oxygen atoms in total. The summed E-state index contributed by atoms with van der Waals surface area (Å²) in [5, 5.41) is 6.61. The molecule has 146 valence electrons. The molecule has 0 saturated carbocycles. The fourth-order valence-electron chi connectivity index (χ4n) is 2.98. The zero-order chi connectivity index (χ0) is 20.4. The van der Waals surface area contributed by atoms with Crippen molar-refractivity contribution in [3.63, 3.8) is 0 Å². The number of amides is 2. The number of hydrogen-bond donors (Lipinski definition) is 1. The van der Waals surface area contributed by atoms with Crippen LogP contribution in [0, 0.1) is 0 Å². The van der Waals surface area contributed by atoms with Crippen LogP contribution in [0.15, 0.2) is 59.6 Å². The van der Waals surface area contributed by atoms with Crippen molar-refractivity contribution in [3.8, 4) is 28.4 Å². The lowest BCUT2D eigenvalue weighted by molar-refractivity contribution is -0.115. The van der Waals surface area contributed by atoms with Gasteiger partial charge < -0.3 is 9.47 Å². The second-order valence-corrected chi connectivity index (χ2v) is 7.15. The first kappa shape index (κ1) is 18.8. The quantitative estimate of drug-likeness (QED) is 0.647. The SMILES string of the molecule is COc1ccc(OC)c(-c2nn(-c3ccccc3)cc2/C=C2\SC(=O)NC2=O)c1. The van der Waals surface area contributed by atoms with E-state index in [4.69, 9.17) is 14.6 Å². The highest BCUT2D eigenvalue weighted by Gasteiger charge is 2.26. The number of hydrogen-bond acceptors (Lipinski definition) is 6. The average molecular weight is 407 g/mol. The third-order valence-corrected chi connectivity index (χ3v) is 5.16. The Hall–Kier alpha value is -3.52. The van der Waals surface area contributed by atoms with Gasteiger partial charge in [-0.25, -0.2) is 4.68 Å². The van der Waals surface area contributed by atoms with Gasteiger partial charge in [0.2, 0.25) is 0 Å². The number of thioether (sulfide) groups is 1. The molecule has 0 unspecified atom stereocenters. The summed E-state index contributed by atoms with van der Waals surface area (Å²) in [5.74, 6) is 0.844. The second-order valence-electron chi connectivity index (χ2n) is 6.13. The first-order chi connectivity index (χ1) is 14.1. The highest BCUT2D eigenvalue weighted by molar-refractivity contribution is 8.18. The highest BCUT2D eigenvalue weighted by atomic mass is 32.2. The molecule has 0 aliphatic carbocycles. The van der Waals surface area contributed by atoms with Gasteiger partial charge >= 0.3 is 0 Å². The fraction of sp³-hybridized carbons (Fsp3) is 0.0952. The van der Waals surface area contributed by atoms with Crippen LogP contribution in [0.3, 0.4) is 0 Å². The van der Waals surface area contributed by atoms with E-state index < -0.39 is 11.1 Å². The zero-order valence-electron chi connectivity index (χ0n) is 15.7. The van der Waals surface area contributed by atoms with Crippen LogP contribution < -0.4 is 14.8 Å². The van der Waals surface area contributed by atoms with Gasteiger partial charge in [0.05, 0.1) is 24.8 Å². The van der Waals surface area contributed by atoms with E-state index in [1.165, 1.54) is 0 Å². The largest absolute Gasteiger partial charge is 0.497 e. The van der Waals surface area contributed by atoms with E-state index in [-0.39, 0.29) is 0 Å². The number of para-hydroxylation sites is 1. The van der Waals surface area contributed by atoms with Gasteiger partial charge in [-0.05, 0) is 48.2 Å². The van der Waals surface area contributed by atoms with Crippen molar-refractivity contribution in [1.29, 1.82) is 0 Å². The molecule has 4 rings (SSSR count). The molecule has 8 heteroatoms. The molecule has 2 amide bonds. The molecule has 0 spiro atoms. The van der Waals surface area contributed by atoms with Gasteiger partial charge in [-0.1, -0.05) is 18.2 Å². The van der Waals surface area contributed by atoms with Gasteiger partial charge in [0.15, 0.2) is 0 Å². The monoisotopic (exact) mass is 407 g/mol. The van der Waals surface area contributed by atoms with Crippen LogP contribution in [0.1, 0.15) is 5.56 Å². The lowest BCUT2D eigenvalue weighted by Crippen LogP contribution is -2.17.